The van der Waals surface area contributed by atoms with Gasteiger partial charge in [-0.25, -0.2) is 0 Å². The summed E-state index contributed by atoms with van der Waals surface area (Å²) >= 11 is 0. The minimum Gasteiger partial charge on any atom is -0.352 e. The summed E-state index contributed by atoms with van der Waals surface area (Å²) in [5.41, 5.74) is 5.82. The molecule has 0 heterocycles. The SMILES string of the molecule is CC(C)[C@H](N)C(=O)N[C@H](C)C(C)(C)C. The molecule has 0 spiro atoms. The molecule has 0 saturated heterocycles. The van der Waals surface area contributed by atoms with Gasteiger partial charge in [0.2, 0.25) is 5.91 Å². The Kier molecular flexibility index (Phi) is 4.59. The number of nitrogens with two attached hydrogens (primary N) is 1. The molecule has 0 unspecified atom stereocenters. The normalized spacial score (nSPS) is 16.6. The largest absolute Gasteiger partial charge is 0.352 e. The van der Waals surface area contributed by atoms with Gasteiger partial charge >= 0.3 is 0 Å². The quantitative estimate of drug-likeness (QED) is 0.725. The molecular formula is C11H24N2O. The summed E-state index contributed by atoms with van der Waals surface area (Å²) in [5, 5.41) is 2.94. The van der Waals surface area contributed by atoms with E-state index in [0.29, 0.717) is 0 Å². The second-order valence-electron chi connectivity index (χ2n) is 5.37. The Morgan fingerprint density at radius 1 is 1.21 bits per heavy atom. The Morgan fingerprint density at radius 3 is 1.93 bits per heavy atom. The van der Waals surface area contributed by atoms with Crippen LogP contribution in [-0.4, -0.2) is 18.0 Å². The average Bonchev–Trinajstić information content (AvgIpc) is 2.00. The van der Waals surface area contributed by atoms with Crippen LogP contribution in [0.15, 0.2) is 0 Å². The van der Waals surface area contributed by atoms with Crippen molar-refractivity contribution in [1.29, 1.82) is 0 Å². The minimum absolute atomic E-state index is 0.0533. The van der Waals surface area contributed by atoms with Gasteiger partial charge in [0.25, 0.3) is 0 Å². The average molecular weight is 200 g/mol. The van der Waals surface area contributed by atoms with Crippen molar-refractivity contribution < 1.29 is 4.79 Å². The Hall–Kier alpha value is -0.570. The van der Waals surface area contributed by atoms with Crippen molar-refractivity contribution in [1.82, 2.24) is 5.32 Å². The van der Waals surface area contributed by atoms with Crippen LogP contribution in [0.5, 0.6) is 0 Å². The topological polar surface area (TPSA) is 55.1 Å². The van der Waals surface area contributed by atoms with E-state index in [0.717, 1.165) is 0 Å². The summed E-state index contributed by atoms with van der Waals surface area (Å²) in [7, 11) is 0. The monoisotopic (exact) mass is 200 g/mol. The summed E-state index contributed by atoms with van der Waals surface area (Å²) in [4.78, 5) is 11.6. The van der Waals surface area contributed by atoms with Gasteiger partial charge in [0, 0.05) is 6.04 Å². The van der Waals surface area contributed by atoms with E-state index in [1.54, 1.807) is 0 Å². The van der Waals surface area contributed by atoms with Crippen molar-refractivity contribution in [2.75, 3.05) is 0 Å². The van der Waals surface area contributed by atoms with Gasteiger partial charge < -0.3 is 11.1 Å². The van der Waals surface area contributed by atoms with E-state index < -0.39 is 6.04 Å². The molecule has 0 aromatic rings. The molecule has 3 N–H and O–H groups in total. The molecule has 0 aromatic heterocycles. The van der Waals surface area contributed by atoms with Crippen LogP contribution in [0.3, 0.4) is 0 Å². The molecule has 14 heavy (non-hydrogen) atoms. The van der Waals surface area contributed by atoms with E-state index in [9.17, 15) is 4.79 Å². The number of rotatable bonds is 3. The third-order valence-corrected chi connectivity index (χ3v) is 2.68. The van der Waals surface area contributed by atoms with Crippen LogP contribution in [0.4, 0.5) is 0 Å². The predicted molar refractivity (Wildman–Crippen MR) is 59.9 cm³/mol. The van der Waals surface area contributed by atoms with Crippen molar-refractivity contribution in [2.45, 2.75) is 53.6 Å². The fraction of sp³-hybridized carbons (Fsp3) is 0.909. The highest BCUT2D eigenvalue weighted by molar-refractivity contribution is 5.82. The molecule has 84 valence electrons. The number of carbonyl (C=O) groups is 1. The molecule has 1 amide bonds. The van der Waals surface area contributed by atoms with Crippen molar-refractivity contribution in [2.24, 2.45) is 17.1 Å². The standard InChI is InChI=1S/C11H24N2O/c1-7(2)9(12)10(14)13-8(3)11(4,5)6/h7-9H,12H2,1-6H3,(H,13,14)/t8-,9+/m1/s1. The summed E-state index contributed by atoms with van der Waals surface area (Å²) in [6.45, 7) is 12.2. The molecule has 0 radical (unpaired) electrons. The van der Waals surface area contributed by atoms with Crippen LogP contribution >= 0.6 is 0 Å². The lowest BCUT2D eigenvalue weighted by molar-refractivity contribution is -0.124. The summed E-state index contributed by atoms with van der Waals surface area (Å²) in [6, 6.07) is -0.264. The van der Waals surface area contributed by atoms with Crippen molar-refractivity contribution >= 4 is 5.91 Å². The van der Waals surface area contributed by atoms with Gasteiger partial charge in [-0.15, -0.1) is 0 Å². The van der Waals surface area contributed by atoms with Crippen molar-refractivity contribution in [3.8, 4) is 0 Å². The number of hydrogen-bond donors (Lipinski definition) is 2. The van der Waals surface area contributed by atoms with E-state index in [-0.39, 0.29) is 23.3 Å². The molecule has 0 saturated carbocycles. The zero-order valence-corrected chi connectivity index (χ0v) is 10.2. The maximum atomic E-state index is 11.6. The van der Waals surface area contributed by atoms with Crippen LogP contribution in [-0.2, 0) is 4.79 Å². The lowest BCUT2D eigenvalue weighted by Gasteiger charge is -2.29. The maximum absolute atomic E-state index is 11.6. The van der Waals surface area contributed by atoms with E-state index in [1.807, 2.05) is 20.8 Å². The highest BCUT2D eigenvalue weighted by Crippen LogP contribution is 2.18. The van der Waals surface area contributed by atoms with Gasteiger partial charge in [-0.3, -0.25) is 4.79 Å². The molecular weight excluding hydrogens is 176 g/mol. The van der Waals surface area contributed by atoms with Crippen LogP contribution in [0.25, 0.3) is 0 Å². The highest BCUT2D eigenvalue weighted by Gasteiger charge is 2.25. The first-order valence-corrected chi connectivity index (χ1v) is 5.22. The van der Waals surface area contributed by atoms with Gasteiger partial charge in [0.1, 0.15) is 0 Å². The number of carbonyl (C=O) groups excluding carboxylic acids is 1. The number of nitrogens with one attached hydrogen (secondary N) is 1. The van der Waals surface area contributed by atoms with Crippen LogP contribution in [0, 0.1) is 11.3 Å². The third kappa shape index (κ3) is 4.09. The first-order chi connectivity index (χ1) is 6.16. The number of amides is 1. The zero-order valence-electron chi connectivity index (χ0n) is 10.2. The summed E-state index contributed by atoms with van der Waals surface area (Å²) in [5.74, 6) is 0.129. The molecule has 2 atom stereocenters. The maximum Gasteiger partial charge on any atom is 0.237 e. The third-order valence-electron chi connectivity index (χ3n) is 2.68. The first kappa shape index (κ1) is 13.4. The molecule has 0 fully saturated rings. The summed E-state index contributed by atoms with van der Waals surface area (Å²) in [6.07, 6.45) is 0. The van der Waals surface area contributed by atoms with E-state index in [1.165, 1.54) is 0 Å². The summed E-state index contributed by atoms with van der Waals surface area (Å²) < 4.78 is 0. The zero-order chi connectivity index (χ0) is 11.5. The molecule has 0 aromatic carbocycles. The second-order valence-corrected chi connectivity index (χ2v) is 5.37. The van der Waals surface area contributed by atoms with E-state index in [2.05, 4.69) is 26.1 Å². The van der Waals surface area contributed by atoms with Gasteiger partial charge in [0.15, 0.2) is 0 Å². The Balaban J connectivity index is 4.20. The highest BCUT2D eigenvalue weighted by atomic mass is 16.2. The predicted octanol–water partition coefficient (Wildman–Crippen LogP) is 1.52. The van der Waals surface area contributed by atoms with Crippen LogP contribution in [0.2, 0.25) is 0 Å². The first-order valence-electron chi connectivity index (χ1n) is 5.22. The fourth-order valence-electron chi connectivity index (χ4n) is 0.829. The minimum atomic E-state index is -0.403. The van der Waals surface area contributed by atoms with Crippen LogP contribution < -0.4 is 11.1 Å². The lowest BCUT2D eigenvalue weighted by Crippen LogP contribution is -2.50. The Bertz CT molecular complexity index is 194. The van der Waals surface area contributed by atoms with E-state index >= 15 is 0 Å². The lowest BCUT2D eigenvalue weighted by atomic mass is 9.87. The van der Waals surface area contributed by atoms with Gasteiger partial charge in [-0.05, 0) is 18.3 Å². The molecule has 0 aliphatic rings. The van der Waals surface area contributed by atoms with Gasteiger partial charge in [-0.2, -0.15) is 0 Å². The number of hydrogen-bond acceptors (Lipinski definition) is 2. The molecule has 0 aliphatic carbocycles. The Labute approximate surface area is 87.4 Å². The molecule has 3 nitrogen and oxygen atoms in total. The molecule has 0 aliphatic heterocycles. The van der Waals surface area contributed by atoms with E-state index in [4.69, 9.17) is 5.73 Å². The molecule has 0 bridgehead atoms. The van der Waals surface area contributed by atoms with Crippen molar-refractivity contribution in [3.63, 3.8) is 0 Å². The molecule has 0 rings (SSSR count). The van der Waals surface area contributed by atoms with Gasteiger partial charge in [-0.1, -0.05) is 34.6 Å². The van der Waals surface area contributed by atoms with Crippen molar-refractivity contribution in [3.05, 3.63) is 0 Å². The van der Waals surface area contributed by atoms with Gasteiger partial charge in [0.05, 0.1) is 6.04 Å². The molecule has 3 heteroatoms. The fourth-order valence-corrected chi connectivity index (χ4v) is 0.829. The Morgan fingerprint density at radius 2 is 1.64 bits per heavy atom. The van der Waals surface area contributed by atoms with Crippen LogP contribution in [0.1, 0.15) is 41.5 Å². The smallest absolute Gasteiger partial charge is 0.237 e. The second kappa shape index (κ2) is 4.78.